The zero-order valence-corrected chi connectivity index (χ0v) is 13.9. The summed E-state index contributed by atoms with van der Waals surface area (Å²) in [5.74, 6) is 0.776. The topological polar surface area (TPSA) is 22.0 Å². The molecule has 0 fully saturated rings. The SMILES string of the molecule is CCCCn1c(-c2ccc(C)cc2)cc2c1C[C@H](C)CC2=O. The predicted molar refractivity (Wildman–Crippen MR) is 91.3 cm³/mol. The summed E-state index contributed by atoms with van der Waals surface area (Å²) in [6.07, 6.45) is 4.04. The van der Waals surface area contributed by atoms with Gasteiger partial charge in [0.05, 0.1) is 0 Å². The van der Waals surface area contributed by atoms with Crippen molar-refractivity contribution in [2.24, 2.45) is 5.92 Å². The quantitative estimate of drug-likeness (QED) is 0.775. The summed E-state index contributed by atoms with van der Waals surface area (Å²) in [4.78, 5) is 12.4. The van der Waals surface area contributed by atoms with Crippen LogP contribution in [0.5, 0.6) is 0 Å². The highest BCUT2D eigenvalue weighted by atomic mass is 16.1. The maximum Gasteiger partial charge on any atom is 0.164 e. The lowest BCUT2D eigenvalue weighted by molar-refractivity contribution is 0.0952. The van der Waals surface area contributed by atoms with Crippen LogP contribution in [0.3, 0.4) is 0 Å². The normalized spacial score (nSPS) is 17.6. The lowest BCUT2D eigenvalue weighted by Crippen LogP contribution is -2.19. The molecule has 3 rings (SSSR count). The molecule has 1 aromatic heterocycles. The van der Waals surface area contributed by atoms with Crippen LogP contribution in [-0.4, -0.2) is 10.4 Å². The van der Waals surface area contributed by atoms with Gasteiger partial charge in [-0.3, -0.25) is 4.79 Å². The first kappa shape index (κ1) is 15.1. The lowest BCUT2D eigenvalue weighted by atomic mass is 9.88. The van der Waals surface area contributed by atoms with Gasteiger partial charge in [0.2, 0.25) is 0 Å². The van der Waals surface area contributed by atoms with Gasteiger partial charge in [-0.15, -0.1) is 0 Å². The van der Waals surface area contributed by atoms with Crippen molar-refractivity contribution in [2.45, 2.75) is 53.0 Å². The molecular weight excluding hydrogens is 270 g/mol. The van der Waals surface area contributed by atoms with Gasteiger partial charge < -0.3 is 4.57 Å². The Labute approximate surface area is 133 Å². The van der Waals surface area contributed by atoms with Gasteiger partial charge in [-0.2, -0.15) is 0 Å². The lowest BCUT2D eigenvalue weighted by Gasteiger charge is -2.21. The van der Waals surface area contributed by atoms with Gasteiger partial charge in [-0.1, -0.05) is 50.1 Å². The fraction of sp³-hybridized carbons (Fsp3) is 0.450. The van der Waals surface area contributed by atoms with E-state index in [9.17, 15) is 4.79 Å². The van der Waals surface area contributed by atoms with Gasteiger partial charge in [0.1, 0.15) is 0 Å². The van der Waals surface area contributed by atoms with Gasteiger partial charge in [0.15, 0.2) is 5.78 Å². The Balaban J connectivity index is 2.10. The largest absolute Gasteiger partial charge is 0.344 e. The van der Waals surface area contributed by atoms with Crippen molar-refractivity contribution in [1.29, 1.82) is 0 Å². The predicted octanol–water partition coefficient (Wildman–Crippen LogP) is 5.03. The van der Waals surface area contributed by atoms with Crippen LogP contribution in [0.25, 0.3) is 11.3 Å². The summed E-state index contributed by atoms with van der Waals surface area (Å²) in [7, 11) is 0. The van der Waals surface area contributed by atoms with E-state index < -0.39 is 0 Å². The molecule has 0 aliphatic heterocycles. The van der Waals surface area contributed by atoms with Crippen molar-refractivity contribution in [3.05, 3.63) is 47.2 Å². The number of hydrogen-bond acceptors (Lipinski definition) is 1. The zero-order valence-electron chi connectivity index (χ0n) is 13.9. The van der Waals surface area contributed by atoms with E-state index >= 15 is 0 Å². The molecule has 22 heavy (non-hydrogen) atoms. The van der Waals surface area contributed by atoms with Crippen LogP contribution in [0.15, 0.2) is 30.3 Å². The molecule has 2 aromatic rings. The Hall–Kier alpha value is -1.83. The van der Waals surface area contributed by atoms with Gasteiger partial charge >= 0.3 is 0 Å². The number of nitrogens with zero attached hydrogens (tertiary/aromatic N) is 1. The number of fused-ring (bicyclic) bond motifs is 1. The molecule has 0 radical (unpaired) electrons. The Morgan fingerprint density at radius 2 is 1.91 bits per heavy atom. The first-order valence-corrected chi connectivity index (χ1v) is 8.42. The number of Topliss-reactive ketones (excluding diaryl/α,β-unsaturated/α-hetero) is 1. The van der Waals surface area contributed by atoms with E-state index in [-0.39, 0.29) is 0 Å². The Morgan fingerprint density at radius 3 is 2.59 bits per heavy atom. The number of hydrogen-bond donors (Lipinski definition) is 0. The third kappa shape index (κ3) is 2.75. The van der Waals surface area contributed by atoms with Crippen molar-refractivity contribution in [2.75, 3.05) is 0 Å². The highest BCUT2D eigenvalue weighted by molar-refractivity contribution is 5.99. The van der Waals surface area contributed by atoms with Crippen molar-refractivity contribution >= 4 is 5.78 Å². The van der Waals surface area contributed by atoms with E-state index in [0.717, 1.165) is 24.9 Å². The smallest absolute Gasteiger partial charge is 0.164 e. The molecule has 0 N–H and O–H groups in total. The van der Waals surface area contributed by atoms with Crippen molar-refractivity contribution in [3.8, 4) is 11.3 Å². The second kappa shape index (κ2) is 6.12. The van der Waals surface area contributed by atoms with Crippen LogP contribution in [0.4, 0.5) is 0 Å². The molecule has 1 aliphatic rings. The van der Waals surface area contributed by atoms with Crippen LogP contribution >= 0.6 is 0 Å². The average molecular weight is 295 g/mol. The van der Waals surface area contributed by atoms with Crippen LogP contribution in [-0.2, 0) is 13.0 Å². The number of rotatable bonds is 4. The molecule has 0 amide bonds. The minimum atomic E-state index is 0.317. The van der Waals surface area contributed by atoms with E-state index in [1.807, 2.05) is 0 Å². The fourth-order valence-electron chi connectivity index (χ4n) is 3.41. The van der Waals surface area contributed by atoms with Crippen LogP contribution < -0.4 is 0 Å². The van der Waals surface area contributed by atoms with Crippen LogP contribution in [0.2, 0.25) is 0 Å². The van der Waals surface area contributed by atoms with Crippen molar-refractivity contribution in [1.82, 2.24) is 4.57 Å². The summed E-state index contributed by atoms with van der Waals surface area (Å²) >= 11 is 0. The third-order valence-corrected chi connectivity index (χ3v) is 4.67. The number of unbranched alkanes of at least 4 members (excludes halogenated alkanes) is 1. The van der Waals surface area contributed by atoms with Gasteiger partial charge in [-0.25, -0.2) is 0 Å². The summed E-state index contributed by atoms with van der Waals surface area (Å²) < 4.78 is 2.40. The molecule has 1 atom stereocenters. The Morgan fingerprint density at radius 1 is 1.18 bits per heavy atom. The first-order valence-electron chi connectivity index (χ1n) is 8.42. The Bertz CT molecular complexity index is 678. The van der Waals surface area contributed by atoms with E-state index in [1.165, 1.54) is 28.9 Å². The minimum absolute atomic E-state index is 0.317. The number of carbonyl (C=O) groups is 1. The standard InChI is InChI=1S/C20H25NO/c1-4-5-10-21-18(16-8-6-14(2)7-9-16)13-17-19(21)11-15(3)12-20(17)22/h6-9,13,15H,4-5,10-12H2,1-3H3/t15-/m0/s1. The van der Waals surface area contributed by atoms with E-state index in [4.69, 9.17) is 0 Å². The molecule has 116 valence electrons. The molecule has 0 bridgehead atoms. The minimum Gasteiger partial charge on any atom is -0.344 e. The molecule has 0 spiro atoms. The second-order valence-electron chi connectivity index (χ2n) is 6.70. The van der Waals surface area contributed by atoms with E-state index in [1.54, 1.807) is 0 Å². The molecule has 2 nitrogen and oxygen atoms in total. The fourth-order valence-corrected chi connectivity index (χ4v) is 3.41. The molecule has 2 heteroatoms. The third-order valence-electron chi connectivity index (χ3n) is 4.67. The van der Waals surface area contributed by atoms with Gasteiger partial charge in [0.25, 0.3) is 0 Å². The average Bonchev–Trinajstić information content (AvgIpc) is 2.85. The maximum atomic E-state index is 12.4. The number of carbonyl (C=O) groups excluding carboxylic acids is 1. The zero-order chi connectivity index (χ0) is 15.7. The molecule has 0 saturated carbocycles. The maximum absolute atomic E-state index is 12.4. The number of benzene rings is 1. The van der Waals surface area contributed by atoms with Crippen molar-refractivity contribution < 1.29 is 4.79 Å². The molecule has 1 aliphatic carbocycles. The van der Waals surface area contributed by atoms with Gasteiger partial charge in [-0.05, 0) is 37.3 Å². The Kier molecular flexibility index (Phi) is 4.19. The van der Waals surface area contributed by atoms with E-state index in [0.29, 0.717) is 18.1 Å². The van der Waals surface area contributed by atoms with Crippen LogP contribution in [0.1, 0.15) is 54.7 Å². The summed E-state index contributed by atoms with van der Waals surface area (Å²) in [5, 5.41) is 0. The van der Waals surface area contributed by atoms with Gasteiger partial charge in [0, 0.05) is 29.9 Å². The monoisotopic (exact) mass is 295 g/mol. The van der Waals surface area contributed by atoms with E-state index in [2.05, 4.69) is 55.7 Å². The second-order valence-corrected chi connectivity index (χ2v) is 6.70. The number of ketones is 1. The number of aryl methyl sites for hydroxylation is 1. The molecular formula is C20H25NO. The number of aromatic nitrogens is 1. The molecule has 1 heterocycles. The molecule has 0 unspecified atom stereocenters. The first-order chi connectivity index (χ1) is 10.6. The summed E-state index contributed by atoms with van der Waals surface area (Å²) in [6.45, 7) is 7.52. The highest BCUT2D eigenvalue weighted by Gasteiger charge is 2.27. The summed E-state index contributed by atoms with van der Waals surface area (Å²) in [6, 6.07) is 10.8. The highest BCUT2D eigenvalue weighted by Crippen LogP contribution is 2.33. The van der Waals surface area contributed by atoms with Crippen molar-refractivity contribution in [3.63, 3.8) is 0 Å². The van der Waals surface area contributed by atoms with Crippen LogP contribution in [0, 0.1) is 12.8 Å². The molecule has 0 saturated heterocycles. The summed E-state index contributed by atoms with van der Waals surface area (Å²) in [5.41, 5.74) is 5.92. The molecule has 1 aromatic carbocycles.